The van der Waals surface area contributed by atoms with Gasteiger partial charge in [-0.3, -0.25) is 4.79 Å². The van der Waals surface area contributed by atoms with Crippen molar-refractivity contribution in [3.63, 3.8) is 0 Å². The normalized spacial score (nSPS) is 11.8. The molecule has 4 heteroatoms. The van der Waals surface area contributed by atoms with Crippen molar-refractivity contribution in [3.05, 3.63) is 65.7 Å². The van der Waals surface area contributed by atoms with Crippen molar-refractivity contribution in [2.45, 2.75) is 13.5 Å². The van der Waals surface area contributed by atoms with Crippen molar-refractivity contribution in [3.8, 4) is 0 Å². The molecule has 0 aromatic heterocycles. The molecule has 0 spiro atoms. The summed E-state index contributed by atoms with van der Waals surface area (Å²) in [4.78, 5) is 14.8. The Hall–Kier alpha value is -2.33. The Balaban J connectivity index is 2.26. The molecule has 2 N–H and O–H groups in total. The van der Waals surface area contributed by atoms with Crippen LogP contribution >= 0.6 is 0 Å². The Morgan fingerprint density at radius 3 is 2.43 bits per heavy atom. The summed E-state index contributed by atoms with van der Waals surface area (Å²) in [5.74, 6) is 0.00325. The number of anilines is 1. The molecule has 0 saturated heterocycles. The van der Waals surface area contributed by atoms with Crippen LogP contribution in [-0.4, -0.2) is 36.1 Å². The van der Waals surface area contributed by atoms with Gasteiger partial charge in [0.05, 0.1) is 5.56 Å². The van der Waals surface area contributed by atoms with Gasteiger partial charge in [0.1, 0.15) is 0 Å². The van der Waals surface area contributed by atoms with Gasteiger partial charge in [-0.25, -0.2) is 0 Å². The zero-order valence-corrected chi connectivity index (χ0v) is 13.7. The second-order valence-electron chi connectivity index (χ2n) is 5.75. The Morgan fingerprint density at radius 1 is 1.13 bits per heavy atom. The van der Waals surface area contributed by atoms with E-state index in [2.05, 4.69) is 5.32 Å². The highest BCUT2D eigenvalue weighted by atomic mass is 16.3. The van der Waals surface area contributed by atoms with Crippen LogP contribution in [0.3, 0.4) is 0 Å². The van der Waals surface area contributed by atoms with E-state index in [1.165, 1.54) is 0 Å². The third-order valence-corrected chi connectivity index (χ3v) is 3.77. The van der Waals surface area contributed by atoms with E-state index in [-0.39, 0.29) is 18.4 Å². The monoisotopic (exact) mass is 312 g/mol. The SMILES string of the molecule is CNc1ccccc1C(=O)N(Cc1ccccc1)CC(C)CO. The van der Waals surface area contributed by atoms with Crippen molar-refractivity contribution < 1.29 is 9.90 Å². The fourth-order valence-corrected chi connectivity index (χ4v) is 2.51. The number of amides is 1. The predicted octanol–water partition coefficient (Wildman–Crippen LogP) is 3.00. The third kappa shape index (κ3) is 4.57. The standard InChI is InChI=1S/C19H24N2O2/c1-15(14-22)12-21(13-16-8-4-3-5-9-16)19(23)17-10-6-7-11-18(17)20-2/h3-11,15,20,22H,12-14H2,1-2H3. The summed E-state index contributed by atoms with van der Waals surface area (Å²) in [5, 5.41) is 12.4. The summed E-state index contributed by atoms with van der Waals surface area (Å²) in [6, 6.07) is 17.4. The molecule has 2 rings (SSSR count). The lowest BCUT2D eigenvalue weighted by Gasteiger charge is -2.26. The van der Waals surface area contributed by atoms with E-state index in [9.17, 15) is 9.90 Å². The number of hydrogen-bond donors (Lipinski definition) is 2. The largest absolute Gasteiger partial charge is 0.396 e. The van der Waals surface area contributed by atoms with Gasteiger partial charge in [0.15, 0.2) is 0 Å². The van der Waals surface area contributed by atoms with Crippen molar-refractivity contribution in [1.29, 1.82) is 0 Å². The molecule has 0 aliphatic heterocycles. The number of nitrogens with zero attached hydrogens (tertiary/aromatic N) is 1. The van der Waals surface area contributed by atoms with Gasteiger partial charge in [0.2, 0.25) is 0 Å². The second-order valence-corrected chi connectivity index (χ2v) is 5.75. The summed E-state index contributed by atoms with van der Waals surface area (Å²) < 4.78 is 0. The topological polar surface area (TPSA) is 52.6 Å². The number of aliphatic hydroxyl groups excluding tert-OH is 1. The molecule has 122 valence electrons. The predicted molar refractivity (Wildman–Crippen MR) is 93.4 cm³/mol. The Kier molecular flexibility index (Phi) is 6.18. The van der Waals surface area contributed by atoms with Crippen molar-refractivity contribution in [1.82, 2.24) is 4.90 Å². The number of rotatable bonds is 7. The Bertz CT molecular complexity index is 628. The first-order valence-electron chi connectivity index (χ1n) is 7.86. The first-order valence-corrected chi connectivity index (χ1v) is 7.86. The first kappa shape index (κ1) is 17.0. The summed E-state index contributed by atoms with van der Waals surface area (Å²) in [6.07, 6.45) is 0. The van der Waals surface area contributed by atoms with E-state index < -0.39 is 0 Å². The van der Waals surface area contributed by atoms with E-state index in [0.29, 0.717) is 18.7 Å². The van der Waals surface area contributed by atoms with Crippen LogP contribution in [0.25, 0.3) is 0 Å². The molecule has 2 aromatic rings. The molecule has 1 unspecified atom stereocenters. The maximum atomic E-state index is 13.0. The molecular weight excluding hydrogens is 288 g/mol. The molecule has 1 atom stereocenters. The van der Waals surface area contributed by atoms with Crippen molar-refractivity contribution in [2.24, 2.45) is 5.92 Å². The first-order chi connectivity index (χ1) is 11.2. The van der Waals surface area contributed by atoms with E-state index in [4.69, 9.17) is 0 Å². The van der Waals surface area contributed by atoms with Gasteiger partial charge >= 0.3 is 0 Å². The summed E-state index contributed by atoms with van der Waals surface area (Å²) >= 11 is 0. The van der Waals surface area contributed by atoms with Crippen LogP contribution in [-0.2, 0) is 6.54 Å². The molecule has 23 heavy (non-hydrogen) atoms. The van der Waals surface area contributed by atoms with E-state index in [1.807, 2.05) is 68.6 Å². The van der Waals surface area contributed by atoms with Gasteiger partial charge in [-0.1, -0.05) is 49.4 Å². The molecule has 4 nitrogen and oxygen atoms in total. The molecule has 1 amide bonds. The minimum atomic E-state index is -0.0286. The fraction of sp³-hybridized carbons (Fsp3) is 0.316. The van der Waals surface area contributed by atoms with Gasteiger partial charge in [0.25, 0.3) is 5.91 Å². The van der Waals surface area contributed by atoms with E-state index in [1.54, 1.807) is 4.90 Å². The Labute approximate surface area is 137 Å². The average Bonchev–Trinajstić information content (AvgIpc) is 2.61. The smallest absolute Gasteiger partial charge is 0.256 e. The highest BCUT2D eigenvalue weighted by Crippen LogP contribution is 2.19. The summed E-state index contributed by atoms with van der Waals surface area (Å²) in [5.41, 5.74) is 2.54. The van der Waals surface area contributed by atoms with E-state index in [0.717, 1.165) is 11.3 Å². The summed E-state index contributed by atoms with van der Waals surface area (Å²) in [6.45, 7) is 3.05. The van der Waals surface area contributed by atoms with Crippen LogP contribution in [0.5, 0.6) is 0 Å². The maximum Gasteiger partial charge on any atom is 0.256 e. The molecule has 2 aromatic carbocycles. The second kappa shape index (κ2) is 8.34. The lowest BCUT2D eigenvalue weighted by Crippen LogP contribution is -2.35. The van der Waals surface area contributed by atoms with Crippen LogP contribution < -0.4 is 5.32 Å². The molecule has 0 fully saturated rings. The van der Waals surface area contributed by atoms with Gasteiger partial charge < -0.3 is 15.3 Å². The number of aliphatic hydroxyl groups is 1. The minimum absolute atomic E-state index is 0.0286. The van der Waals surface area contributed by atoms with Gasteiger partial charge in [-0.15, -0.1) is 0 Å². The number of para-hydroxylation sites is 1. The molecular formula is C19H24N2O2. The van der Waals surface area contributed by atoms with Crippen LogP contribution in [0.1, 0.15) is 22.8 Å². The van der Waals surface area contributed by atoms with Gasteiger partial charge in [-0.05, 0) is 23.6 Å². The lowest BCUT2D eigenvalue weighted by atomic mass is 10.1. The zero-order valence-electron chi connectivity index (χ0n) is 13.7. The lowest BCUT2D eigenvalue weighted by molar-refractivity contribution is 0.0695. The molecule has 0 saturated carbocycles. The number of carbonyl (C=O) groups is 1. The molecule has 0 bridgehead atoms. The van der Waals surface area contributed by atoms with Crippen molar-refractivity contribution in [2.75, 3.05) is 25.5 Å². The zero-order chi connectivity index (χ0) is 16.7. The van der Waals surface area contributed by atoms with Crippen molar-refractivity contribution >= 4 is 11.6 Å². The number of carbonyl (C=O) groups excluding carboxylic acids is 1. The quantitative estimate of drug-likeness (QED) is 0.826. The van der Waals surface area contributed by atoms with Gasteiger partial charge in [-0.2, -0.15) is 0 Å². The fourth-order valence-electron chi connectivity index (χ4n) is 2.51. The number of hydrogen-bond acceptors (Lipinski definition) is 3. The average molecular weight is 312 g/mol. The van der Waals surface area contributed by atoms with Crippen LogP contribution in [0.15, 0.2) is 54.6 Å². The van der Waals surface area contributed by atoms with E-state index >= 15 is 0 Å². The summed E-state index contributed by atoms with van der Waals surface area (Å²) in [7, 11) is 1.81. The molecule has 0 aliphatic rings. The number of nitrogens with one attached hydrogen (secondary N) is 1. The minimum Gasteiger partial charge on any atom is -0.396 e. The number of benzene rings is 2. The third-order valence-electron chi connectivity index (χ3n) is 3.77. The van der Waals surface area contributed by atoms with Crippen LogP contribution in [0.2, 0.25) is 0 Å². The maximum absolute atomic E-state index is 13.0. The highest BCUT2D eigenvalue weighted by Gasteiger charge is 2.20. The molecule has 0 heterocycles. The van der Waals surface area contributed by atoms with Crippen LogP contribution in [0, 0.1) is 5.92 Å². The molecule has 0 radical (unpaired) electrons. The molecule has 0 aliphatic carbocycles. The highest BCUT2D eigenvalue weighted by molar-refractivity contribution is 5.99. The van der Waals surface area contributed by atoms with Crippen LogP contribution in [0.4, 0.5) is 5.69 Å². The Morgan fingerprint density at radius 2 is 1.78 bits per heavy atom. The van der Waals surface area contributed by atoms with Gasteiger partial charge in [0, 0.05) is 32.4 Å².